The summed E-state index contributed by atoms with van der Waals surface area (Å²) in [7, 11) is 0. The number of benzene rings is 1. The van der Waals surface area contributed by atoms with E-state index in [0.29, 0.717) is 0 Å². The number of nitrogens with zero attached hydrogens (tertiary/aromatic N) is 3. The average molecular weight is 249 g/mol. The number of esters is 1. The quantitative estimate of drug-likeness (QED) is 0.336. The number of azide groups is 1. The lowest BCUT2D eigenvalue weighted by Crippen LogP contribution is -2.26. The number of ether oxygens (including phenoxy) is 2. The first-order chi connectivity index (χ1) is 8.63. The van der Waals surface area contributed by atoms with E-state index in [1.54, 1.807) is 0 Å². The van der Waals surface area contributed by atoms with Gasteiger partial charge in [-0.25, -0.2) is 0 Å². The van der Waals surface area contributed by atoms with Crippen molar-refractivity contribution < 1.29 is 14.3 Å². The second-order valence-electron chi connectivity index (χ2n) is 3.72. The number of rotatable bonds is 6. The van der Waals surface area contributed by atoms with E-state index in [9.17, 15) is 4.79 Å². The van der Waals surface area contributed by atoms with Crippen LogP contribution in [0.15, 0.2) is 29.4 Å². The molecule has 6 heteroatoms. The van der Waals surface area contributed by atoms with Crippen molar-refractivity contribution in [1.82, 2.24) is 0 Å². The van der Waals surface area contributed by atoms with Gasteiger partial charge in [-0.2, -0.15) is 0 Å². The molecule has 96 valence electrons. The summed E-state index contributed by atoms with van der Waals surface area (Å²) in [5.74, 6) is 0.289. The van der Waals surface area contributed by atoms with Gasteiger partial charge in [-0.05, 0) is 24.1 Å². The van der Waals surface area contributed by atoms with Crippen LogP contribution >= 0.6 is 0 Å². The van der Waals surface area contributed by atoms with Crippen molar-refractivity contribution in [2.45, 2.75) is 20.0 Å². The van der Waals surface area contributed by atoms with Gasteiger partial charge in [0.1, 0.15) is 18.5 Å². The Kier molecular flexibility index (Phi) is 5.54. The maximum absolute atomic E-state index is 10.9. The highest BCUT2D eigenvalue weighted by Crippen LogP contribution is 2.16. The number of para-hydroxylation sites is 1. The van der Waals surface area contributed by atoms with Gasteiger partial charge in [-0.15, -0.1) is 0 Å². The first-order valence-electron chi connectivity index (χ1n) is 5.50. The molecule has 0 amide bonds. The summed E-state index contributed by atoms with van der Waals surface area (Å²) in [4.78, 5) is 13.5. The van der Waals surface area contributed by atoms with Gasteiger partial charge in [-0.3, -0.25) is 4.79 Å². The molecule has 6 nitrogen and oxygen atoms in total. The Morgan fingerprint density at radius 3 is 2.83 bits per heavy atom. The molecule has 0 fully saturated rings. The van der Waals surface area contributed by atoms with Crippen molar-refractivity contribution >= 4 is 5.97 Å². The van der Waals surface area contributed by atoms with Crippen molar-refractivity contribution in [3.8, 4) is 5.75 Å². The molecular weight excluding hydrogens is 234 g/mol. The lowest BCUT2D eigenvalue weighted by Gasteiger charge is -2.16. The van der Waals surface area contributed by atoms with Gasteiger partial charge in [0.2, 0.25) is 0 Å². The molecule has 1 aromatic rings. The van der Waals surface area contributed by atoms with Crippen molar-refractivity contribution in [1.29, 1.82) is 0 Å². The Balaban J connectivity index is 2.58. The highest BCUT2D eigenvalue weighted by Gasteiger charge is 2.12. The molecule has 0 bridgehead atoms. The number of aryl methyl sites for hydroxylation is 1. The maximum Gasteiger partial charge on any atom is 0.303 e. The molecule has 0 aliphatic carbocycles. The molecular formula is C12H15N3O3. The Morgan fingerprint density at radius 2 is 2.22 bits per heavy atom. The van der Waals surface area contributed by atoms with Gasteiger partial charge < -0.3 is 9.47 Å². The zero-order valence-electron chi connectivity index (χ0n) is 10.4. The molecule has 0 saturated heterocycles. The fraction of sp³-hybridized carbons (Fsp3) is 0.417. The van der Waals surface area contributed by atoms with E-state index in [0.717, 1.165) is 11.3 Å². The van der Waals surface area contributed by atoms with Gasteiger partial charge >= 0.3 is 5.97 Å². The van der Waals surface area contributed by atoms with Crippen LogP contribution in [0, 0.1) is 6.92 Å². The van der Waals surface area contributed by atoms with Crippen LogP contribution < -0.4 is 4.74 Å². The Hall–Kier alpha value is -2.20. The second kappa shape index (κ2) is 7.19. The summed E-state index contributed by atoms with van der Waals surface area (Å²) in [6.07, 6.45) is -0.571. The van der Waals surface area contributed by atoms with Gasteiger partial charge in [-0.1, -0.05) is 23.3 Å². The second-order valence-corrected chi connectivity index (χ2v) is 3.72. The fourth-order valence-electron chi connectivity index (χ4n) is 1.39. The van der Waals surface area contributed by atoms with Crippen molar-refractivity contribution in [2.24, 2.45) is 5.11 Å². The molecule has 1 aromatic carbocycles. The Labute approximate surface area is 105 Å². The fourth-order valence-corrected chi connectivity index (χ4v) is 1.39. The lowest BCUT2D eigenvalue weighted by molar-refractivity contribution is -0.147. The van der Waals surface area contributed by atoms with Crippen LogP contribution in [0.3, 0.4) is 0 Å². The molecule has 0 spiro atoms. The maximum atomic E-state index is 10.9. The highest BCUT2D eigenvalue weighted by atomic mass is 16.6. The number of carbonyl (C=O) groups is 1. The van der Waals surface area contributed by atoms with E-state index in [-0.39, 0.29) is 13.2 Å². The summed E-state index contributed by atoms with van der Waals surface area (Å²) in [5.41, 5.74) is 9.24. The average Bonchev–Trinajstić information content (AvgIpc) is 2.34. The van der Waals surface area contributed by atoms with E-state index >= 15 is 0 Å². The first kappa shape index (κ1) is 13.9. The third kappa shape index (κ3) is 4.76. The SMILES string of the molecule is CC(=O)O[C@H](CN=[N+]=[N-])COc1ccccc1C. The van der Waals surface area contributed by atoms with E-state index in [1.165, 1.54) is 6.92 Å². The van der Waals surface area contributed by atoms with Gasteiger partial charge in [0.15, 0.2) is 0 Å². The normalized spacial score (nSPS) is 11.2. The van der Waals surface area contributed by atoms with E-state index in [1.807, 2.05) is 31.2 Å². The minimum atomic E-state index is -0.571. The molecule has 0 N–H and O–H groups in total. The highest BCUT2D eigenvalue weighted by molar-refractivity contribution is 5.66. The van der Waals surface area contributed by atoms with Crippen LogP contribution in [0.1, 0.15) is 12.5 Å². The third-order valence-corrected chi connectivity index (χ3v) is 2.20. The van der Waals surface area contributed by atoms with Crippen molar-refractivity contribution in [3.05, 3.63) is 40.3 Å². The molecule has 1 atom stereocenters. The zero-order chi connectivity index (χ0) is 13.4. The van der Waals surface area contributed by atoms with Gasteiger partial charge in [0.05, 0.1) is 6.54 Å². The smallest absolute Gasteiger partial charge is 0.303 e. The summed E-state index contributed by atoms with van der Waals surface area (Å²) in [6, 6.07) is 7.51. The van der Waals surface area contributed by atoms with E-state index in [2.05, 4.69) is 10.0 Å². The largest absolute Gasteiger partial charge is 0.489 e. The molecule has 0 aliphatic heterocycles. The van der Waals surface area contributed by atoms with Crippen molar-refractivity contribution in [3.63, 3.8) is 0 Å². The Morgan fingerprint density at radius 1 is 1.50 bits per heavy atom. The minimum Gasteiger partial charge on any atom is -0.489 e. The molecule has 0 saturated carbocycles. The minimum absolute atomic E-state index is 0.0575. The predicted molar refractivity (Wildman–Crippen MR) is 66.2 cm³/mol. The van der Waals surface area contributed by atoms with Crippen LogP contribution in [0.4, 0.5) is 0 Å². The standard InChI is InChI=1S/C12H15N3O3/c1-9-5-3-4-6-12(9)17-8-11(7-14-15-13)18-10(2)16/h3-6,11H,7-8H2,1-2H3/t11-/m1/s1. The number of hydrogen-bond donors (Lipinski definition) is 0. The molecule has 0 radical (unpaired) electrons. The summed E-state index contributed by atoms with van der Waals surface area (Å²) in [5, 5.41) is 3.38. The molecule has 0 heterocycles. The van der Waals surface area contributed by atoms with Crippen molar-refractivity contribution in [2.75, 3.05) is 13.2 Å². The summed E-state index contributed by atoms with van der Waals surface area (Å²) < 4.78 is 10.5. The molecule has 1 rings (SSSR count). The molecule has 0 aliphatic rings. The van der Waals surface area contributed by atoms with Crippen LogP contribution in [0.25, 0.3) is 10.4 Å². The predicted octanol–water partition coefficient (Wildman–Crippen LogP) is 2.62. The van der Waals surface area contributed by atoms with Crippen LogP contribution in [-0.4, -0.2) is 25.2 Å². The topological polar surface area (TPSA) is 84.3 Å². The monoisotopic (exact) mass is 249 g/mol. The van der Waals surface area contributed by atoms with Gasteiger partial charge in [0.25, 0.3) is 0 Å². The third-order valence-electron chi connectivity index (χ3n) is 2.20. The molecule has 18 heavy (non-hydrogen) atoms. The number of carbonyl (C=O) groups excluding carboxylic acids is 1. The lowest BCUT2D eigenvalue weighted by atomic mass is 10.2. The van der Waals surface area contributed by atoms with Crippen LogP contribution in [0.2, 0.25) is 0 Å². The zero-order valence-corrected chi connectivity index (χ0v) is 10.4. The number of hydrogen-bond acceptors (Lipinski definition) is 4. The summed E-state index contributed by atoms with van der Waals surface area (Å²) >= 11 is 0. The van der Waals surface area contributed by atoms with Crippen LogP contribution in [-0.2, 0) is 9.53 Å². The van der Waals surface area contributed by atoms with Crippen LogP contribution in [0.5, 0.6) is 5.75 Å². The molecule has 0 aromatic heterocycles. The van der Waals surface area contributed by atoms with E-state index in [4.69, 9.17) is 15.0 Å². The summed E-state index contributed by atoms with van der Waals surface area (Å²) in [6.45, 7) is 3.44. The first-order valence-corrected chi connectivity index (χ1v) is 5.50. The molecule has 0 unspecified atom stereocenters. The Bertz CT molecular complexity index is 452. The van der Waals surface area contributed by atoms with E-state index < -0.39 is 12.1 Å². The van der Waals surface area contributed by atoms with Gasteiger partial charge in [0, 0.05) is 11.8 Å².